The zero-order chi connectivity index (χ0) is 13.3. The van der Waals surface area contributed by atoms with Crippen LogP contribution in [0.15, 0.2) is 36.4 Å². The van der Waals surface area contributed by atoms with E-state index in [1.807, 2.05) is 13.0 Å². The van der Waals surface area contributed by atoms with Crippen LogP contribution in [-0.2, 0) is 0 Å². The highest BCUT2D eigenvalue weighted by Gasteiger charge is 2.08. The lowest BCUT2D eigenvalue weighted by molar-refractivity contribution is 0.101. The minimum atomic E-state index is -0.457. The monoisotopic (exact) mass is 262 g/mol. The van der Waals surface area contributed by atoms with Gasteiger partial charge in [-0.15, -0.1) is 0 Å². The van der Waals surface area contributed by atoms with Crippen molar-refractivity contribution in [3.63, 3.8) is 0 Å². The number of hydrogen-bond donors (Lipinski definition) is 0. The third-order valence-corrected chi connectivity index (χ3v) is 3.18. The van der Waals surface area contributed by atoms with Crippen molar-refractivity contribution in [2.24, 2.45) is 0 Å². The average molecular weight is 263 g/mol. The third-order valence-electron chi connectivity index (χ3n) is 2.87. The molecule has 0 amide bonds. The van der Waals surface area contributed by atoms with E-state index >= 15 is 0 Å². The van der Waals surface area contributed by atoms with Crippen molar-refractivity contribution in [2.45, 2.75) is 13.8 Å². The molecule has 0 fully saturated rings. The van der Waals surface area contributed by atoms with Gasteiger partial charge in [0.05, 0.1) is 5.02 Å². The maximum Gasteiger partial charge on any atom is 0.159 e. The van der Waals surface area contributed by atoms with Crippen LogP contribution < -0.4 is 0 Å². The van der Waals surface area contributed by atoms with Gasteiger partial charge in [-0.1, -0.05) is 29.8 Å². The smallest absolute Gasteiger partial charge is 0.159 e. The van der Waals surface area contributed by atoms with E-state index in [1.165, 1.54) is 19.1 Å². The predicted molar refractivity (Wildman–Crippen MR) is 71.6 cm³/mol. The summed E-state index contributed by atoms with van der Waals surface area (Å²) in [5.41, 5.74) is 3.17. The lowest BCUT2D eigenvalue weighted by Gasteiger charge is -2.08. The fraction of sp³-hybridized carbons (Fsp3) is 0.133. The zero-order valence-electron chi connectivity index (χ0n) is 10.1. The molecule has 1 nitrogen and oxygen atoms in total. The molecule has 0 aliphatic rings. The molecule has 0 bridgehead atoms. The Balaban J connectivity index is 2.58. The van der Waals surface area contributed by atoms with Crippen molar-refractivity contribution < 1.29 is 9.18 Å². The Hall–Kier alpha value is -1.67. The fourth-order valence-electron chi connectivity index (χ4n) is 1.82. The van der Waals surface area contributed by atoms with Gasteiger partial charge in [0.15, 0.2) is 5.78 Å². The van der Waals surface area contributed by atoms with Gasteiger partial charge < -0.3 is 0 Å². The molecular weight excluding hydrogens is 251 g/mol. The SMILES string of the molecule is CC(=O)c1ccc(C)c(-c2ccc(Cl)c(F)c2)c1. The number of rotatable bonds is 2. The zero-order valence-corrected chi connectivity index (χ0v) is 10.9. The van der Waals surface area contributed by atoms with Gasteiger partial charge >= 0.3 is 0 Å². The number of halogens is 2. The van der Waals surface area contributed by atoms with Crippen molar-refractivity contribution in [1.29, 1.82) is 0 Å². The van der Waals surface area contributed by atoms with E-state index < -0.39 is 5.82 Å². The van der Waals surface area contributed by atoms with Gasteiger partial charge in [-0.3, -0.25) is 4.79 Å². The van der Waals surface area contributed by atoms with Crippen LogP contribution in [0.4, 0.5) is 4.39 Å². The highest BCUT2D eigenvalue weighted by atomic mass is 35.5. The molecule has 0 radical (unpaired) electrons. The predicted octanol–water partition coefficient (Wildman–Crippen LogP) is 4.66. The number of carbonyl (C=O) groups is 1. The van der Waals surface area contributed by atoms with Gasteiger partial charge in [-0.05, 0) is 48.7 Å². The summed E-state index contributed by atoms with van der Waals surface area (Å²) in [6.45, 7) is 3.43. The maximum absolute atomic E-state index is 13.5. The first kappa shape index (κ1) is 12.8. The first-order valence-corrected chi connectivity index (χ1v) is 5.94. The summed E-state index contributed by atoms with van der Waals surface area (Å²) < 4.78 is 13.5. The second-order valence-electron chi connectivity index (χ2n) is 4.21. The molecular formula is C15H12ClFO. The Morgan fingerprint density at radius 3 is 2.50 bits per heavy atom. The van der Waals surface area contributed by atoms with Gasteiger partial charge in [0, 0.05) is 5.56 Å². The largest absolute Gasteiger partial charge is 0.295 e. The fourth-order valence-corrected chi connectivity index (χ4v) is 1.93. The standard InChI is InChI=1S/C15H12ClFO/c1-9-3-4-11(10(2)18)7-13(9)12-5-6-14(16)15(17)8-12/h3-8H,1-2H3. The minimum absolute atomic E-state index is 0.00862. The molecule has 0 aromatic heterocycles. The topological polar surface area (TPSA) is 17.1 Å². The molecule has 92 valence electrons. The molecule has 0 N–H and O–H groups in total. The van der Waals surface area contributed by atoms with Crippen LogP contribution in [0, 0.1) is 12.7 Å². The molecule has 0 saturated heterocycles. The van der Waals surface area contributed by atoms with Crippen molar-refractivity contribution >= 4 is 17.4 Å². The van der Waals surface area contributed by atoms with Crippen molar-refractivity contribution in [1.82, 2.24) is 0 Å². The molecule has 0 saturated carbocycles. The van der Waals surface area contributed by atoms with E-state index in [2.05, 4.69) is 0 Å². The highest BCUT2D eigenvalue weighted by molar-refractivity contribution is 6.30. The molecule has 18 heavy (non-hydrogen) atoms. The number of aryl methyl sites for hydroxylation is 1. The summed E-state index contributed by atoms with van der Waals surface area (Å²) in [5.74, 6) is -0.465. The summed E-state index contributed by atoms with van der Waals surface area (Å²) in [6.07, 6.45) is 0. The van der Waals surface area contributed by atoms with Crippen molar-refractivity contribution in [3.8, 4) is 11.1 Å². The Bertz CT molecular complexity index is 620. The maximum atomic E-state index is 13.5. The molecule has 0 atom stereocenters. The summed E-state index contributed by atoms with van der Waals surface area (Å²) in [7, 11) is 0. The van der Waals surface area contributed by atoms with E-state index in [0.29, 0.717) is 5.56 Å². The minimum Gasteiger partial charge on any atom is -0.295 e. The van der Waals surface area contributed by atoms with E-state index in [0.717, 1.165) is 16.7 Å². The number of ketones is 1. The molecule has 2 rings (SSSR count). The number of Topliss-reactive ketones (excluding diaryl/α,β-unsaturated/α-hetero) is 1. The van der Waals surface area contributed by atoms with Crippen LogP contribution in [0.3, 0.4) is 0 Å². The molecule has 0 unspecified atom stereocenters. The molecule has 0 spiro atoms. The van der Waals surface area contributed by atoms with Crippen LogP contribution in [0.1, 0.15) is 22.8 Å². The average Bonchev–Trinajstić information content (AvgIpc) is 2.33. The van der Waals surface area contributed by atoms with Crippen molar-refractivity contribution in [3.05, 3.63) is 58.4 Å². The summed E-state index contributed by atoms with van der Waals surface area (Å²) in [4.78, 5) is 11.4. The van der Waals surface area contributed by atoms with Crippen LogP contribution in [0.2, 0.25) is 5.02 Å². The van der Waals surface area contributed by atoms with E-state index in [-0.39, 0.29) is 10.8 Å². The van der Waals surface area contributed by atoms with Crippen LogP contribution >= 0.6 is 11.6 Å². The molecule has 0 aliphatic heterocycles. The van der Waals surface area contributed by atoms with Crippen LogP contribution in [0.25, 0.3) is 11.1 Å². The van der Waals surface area contributed by atoms with Crippen LogP contribution in [0.5, 0.6) is 0 Å². The number of carbonyl (C=O) groups excluding carboxylic acids is 1. The van der Waals surface area contributed by atoms with Gasteiger partial charge in [0.2, 0.25) is 0 Å². The van der Waals surface area contributed by atoms with Crippen molar-refractivity contribution in [2.75, 3.05) is 0 Å². The molecule has 0 aliphatic carbocycles. The molecule has 2 aromatic carbocycles. The van der Waals surface area contributed by atoms with Crippen LogP contribution in [-0.4, -0.2) is 5.78 Å². The normalized spacial score (nSPS) is 10.4. The number of hydrogen-bond acceptors (Lipinski definition) is 1. The van der Waals surface area contributed by atoms with Gasteiger partial charge in [-0.25, -0.2) is 4.39 Å². The highest BCUT2D eigenvalue weighted by Crippen LogP contribution is 2.27. The quantitative estimate of drug-likeness (QED) is 0.720. The Kier molecular flexibility index (Phi) is 3.48. The lowest BCUT2D eigenvalue weighted by atomic mass is 9.97. The lowest BCUT2D eigenvalue weighted by Crippen LogP contribution is -1.94. The van der Waals surface area contributed by atoms with Gasteiger partial charge in [-0.2, -0.15) is 0 Å². The molecule has 3 heteroatoms. The van der Waals surface area contributed by atoms with Gasteiger partial charge in [0.1, 0.15) is 5.82 Å². The Labute approximate surface area is 110 Å². The number of benzene rings is 2. The summed E-state index contributed by atoms with van der Waals surface area (Å²) >= 11 is 5.66. The first-order chi connectivity index (χ1) is 8.49. The molecule has 2 aromatic rings. The first-order valence-electron chi connectivity index (χ1n) is 5.56. The Morgan fingerprint density at radius 2 is 1.89 bits per heavy atom. The Morgan fingerprint density at radius 1 is 1.17 bits per heavy atom. The second kappa shape index (κ2) is 4.91. The summed E-state index contributed by atoms with van der Waals surface area (Å²) in [6, 6.07) is 10.1. The second-order valence-corrected chi connectivity index (χ2v) is 4.62. The van der Waals surface area contributed by atoms with E-state index in [9.17, 15) is 9.18 Å². The van der Waals surface area contributed by atoms with Gasteiger partial charge in [0.25, 0.3) is 0 Å². The van der Waals surface area contributed by atoms with E-state index in [1.54, 1.807) is 18.2 Å². The third kappa shape index (κ3) is 2.44. The molecule has 0 heterocycles. The van der Waals surface area contributed by atoms with E-state index in [4.69, 9.17) is 11.6 Å². The summed E-state index contributed by atoms with van der Waals surface area (Å²) in [5, 5.41) is 0.0964.